The van der Waals surface area contributed by atoms with Crippen molar-refractivity contribution in [2.45, 2.75) is 102 Å². The predicted octanol–water partition coefficient (Wildman–Crippen LogP) is 3.33. The van der Waals surface area contributed by atoms with Crippen LogP contribution in [0.25, 0.3) is 0 Å². The number of methoxy groups -OCH3 is 1. The van der Waals surface area contributed by atoms with Gasteiger partial charge in [0, 0.05) is 26.1 Å². The van der Waals surface area contributed by atoms with Gasteiger partial charge in [0.1, 0.15) is 23.7 Å². The number of carbonyl (C=O) groups excluding carboxylic acids is 4. The molecule has 2 N–H and O–H groups in total. The summed E-state index contributed by atoms with van der Waals surface area (Å²) in [5, 5.41) is 13.7. The number of likely N-dealkylation sites (tertiary alicyclic amines) is 1. The number of aliphatic hydroxyl groups excluding tert-OH is 1. The van der Waals surface area contributed by atoms with Crippen LogP contribution in [0.1, 0.15) is 71.5 Å². The van der Waals surface area contributed by atoms with Crippen LogP contribution < -0.4 is 5.32 Å². The van der Waals surface area contributed by atoms with Crippen molar-refractivity contribution < 1.29 is 38.5 Å². The molecule has 48 heavy (non-hydrogen) atoms. The Labute approximate surface area is 283 Å². The largest absolute Gasteiger partial charge is 0.455 e. The number of esters is 1. The molecule has 1 aromatic carbocycles. The number of rotatable bonds is 10. The summed E-state index contributed by atoms with van der Waals surface area (Å²) < 4.78 is 18.4. The number of aliphatic hydroxyl groups is 1. The van der Waals surface area contributed by atoms with E-state index in [1.807, 2.05) is 63.3 Å². The third kappa shape index (κ3) is 6.56. The van der Waals surface area contributed by atoms with E-state index in [0.29, 0.717) is 18.4 Å². The number of hydrogen-bond donors (Lipinski definition) is 2. The Balaban J connectivity index is 1.64. The normalized spacial score (nSPS) is 33.3. The molecule has 4 heterocycles. The van der Waals surface area contributed by atoms with Gasteiger partial charge in [-0.25, -0.2) is 0 Å². The standard InChI is InChI=1S/C37H51N3O8/c1-6-14-24(4)39-20-13-9-12-17-29(42)38-26(22-46-5)32(25-15-10-8-11-16-25)47-36(45)30-28-18-19-37(48-28)31(30)34(43)40(33(37)35(39)44)27(21-41)23(3)7-2/h8-11,13,15-16,18-19,23-24,26-28,30-33,41H,6-7,12,14,17,20-22H2,1-5H3,(H,38,42)/b13-9-/t23-,24?,26+,27-,28-,30+,31+,32+,33-,37+/m0/s1. The van der Waals surface area contributed by atoms with Crippen molar-refractivity contribution in [3.05, 3.63) is 60.2 Å². The van der Waals surface area contributed by atoms with Gasteiger partial charge in [-0.15, -0.1) is 0 Å². The number of allylic oxidation sites excluding steroid dienone is 1. The molecule has 4 aliphatic heterocycles. The SMILES string of the molecule is CCCC(C)N1C/C=C\CCC(=O)N[C@H](COC)[C@@H](c2ccccc2)OC(=O)[C@@H]2[C@@H]3C=C[C@]4(O3)[C@H](C1=O)N([C@@H](CO)[C@@H](C)CC)C(=O)[C@@H]24. The third-order valence-electron chi connectivity index (χ3n) is 10.6. The fourth-order valence-corrected chi connectivity index (χ4v) is 7.96. The molecule has 3 amide bonds. The summed E-state index contributed by atoms with van der Waals surface area (Å²) in [5.74, 6) is -3.79. The molecule has 11 nitrogen and oxygen atoms in total. The summed E-state index contributed by atoms with van der Waals surface area (Å²) in [4.78, 5) is 60.5. The summed E-state index contributed by atoms with van der Waals surface area (Å²) in [6.45, 7) is 7.99. The van der Waals surface area contributed by atoms with Crippen molar-refractivity contribution >= 4 is 23.7 Å². The van der Waals surface area contributed by atoms with E-state index in [1.54, 1.807) is 17.1 Å². The Morgan fingerprint density at radius 1 is 1.08 bits per heavy atom. The number of cyclic esters (lactones) is 1. The lowest BCUT2D eigenvalue weighted by Crippen LogP contribution is -2.60. The molecule has 1 aromatic rings. The smallest absolute Gasteiger partial charge is 0.313 e. The van der Waals surface area contributed by atoms with E-state index in [1.165, 1.54) is 12.0 Å². The molecule has 0 aliphatic carbocycles. The number of ether oxygens (including phenoxy) is 3. The molecular weight excluding hydrogens is 614 g/mol. The molecule has 262 valence electrons. The first-order chi connectivity index (χ1) is 23.1. The number of carbonyl (C=O) groups is 4. The predicted molar refractivity (Wildman–Crippen MR) is 178 cm³/mol. The number of fused-ring (bicyclic) bond motifs is 2. The molecular formula is C37H51N3O8. The van der Waals surface area contributed by atoms with Gasteiger partial charge in [0.2, 0.25) is 17.7 Å². The van der Waals surface area contributed by atoms with E-state index >= 15 is 0 Å². The first kappa shape index (κ1) is 35.8. The lowest BCUT2D eigenvalue weighted by molar-refractivity contribution is -0.163. The van der Waals surface area contributed by atoms with Gasteiger partial charge in [-0.3, -0.25) is 19.2 Å². The van der Waals surface area contributed by atoms with Crippen molar-refractivity contribution in [2.24, 2.45) is 17.8 Å². The molecule has 1 unspecified atom stereocenters. The van der Waals surface area contributed by atoms with Crippen LogP contribution in [0.3, 0.4) is 0 Å². The summed E-state index contributed by atoms with van der Waals surface area (Å²) in [7, 11) is 1.52. The highest BCUT2D eigenvalue weighted by Crippen LogP contribution is 2.56. The van der Waals surface area contributed by atoms with Crippen molar-refractivity contribution in [1.82, 2.24) is 15.1 Å². The highest BCUT2D eigenvalue weighted by atomic mass is 16.6. The summed E-state index contributed by atoms with van der Waals surface area (Å²) in [6.07, 6.45) is 8.49. The molecule has 0 radical (unpaired) electrons. The van der Waals surface area contributed by atoms with Crippen LogP contribution in [-0.2, 0) is 33.4 Å². The fourth-order valence-electron chi connectivity index (χ4n) is 7.96. The van der Waals surface area contributed by atoms with Crippen molar-refractivity contribution in [2.75, 3.05) is 26.9 Å². The van der Waals surface area contributed by atoms with Gasteiger partial charge in [0.15, 0.2) is 0 Å². The molecule has 2 saturated heterocycles. The van der Waals surface area contributed by atoms with Crippen LogP contribution in [0.15, 0.2) is 54.6 Å². The first-order valence-corrected chi connectivity index (χ1v) is 17.4. The van der Waals surface area contributed by atoms with Gasteiger partial charge >= 0.3 is 5.97 Å². The number of hydrogen-bond acceptors (Lipinski definition) is 8. The van der Waals surface area contributed by atoms with Gasteiger partial charge in [-0.2, -0.15) is 0 Å². The molecule has 0 aromatic heterocycles. The zero-order chi connectivity index (χ0) is 34.6. The number of nitrogens with one attached hydrogen (secondary N) is 1. The Hall–Kier alpha value is -3.54. The summed E-state index contributed by atoms with van der Waals surface area (Å²) in [5.41, 5.74) is -0.751. The third-order valence-corrected chi connectivity index (χ3v) is 10.6. The summed E-state index contributed by atoms with van der Waals surface area (Å²) >= 11 is 0. The van der Waals surface area contributed by atoms with Gasteiger partial charge in [0.05, 0.1) is 37.3 Å². The quantitative estimate of drug-likeness (QED) is 0.287. The van der Waals surface area contributed by atoms with Crippen molar-refractivity contribution in [3.8, 4) is 0 Å². The average molecular weight is 666 g/mol. The van der Waals surface area contributed by atoms with Crippen molar-refractivity contribution in [1.29, 1.82) is 0 Å². The van der Waals surface area contributed by atoms with Gasteiger partial charge < -0.3 is 34.4 Å². The van der Waals surface area contributed by atoms with E-state index in [4.69, 9.17) is 14.2 Å². The number of benzene rings is 1. The fraction of sp³-hybridized carbons (Fsp3) is 0.622. The second kappa shape index (κ2) is 15.3. The van der Waals surface area contributed by atoms with E-state index in [-0.39, 0.29) is 50.0 Å². The zero-order valence-electron chi connectivity index (χ0n) is 28.7. The number of nitrogens with zero attached hydrogens (tertiary/aromatic N) is 2. The molecule has 11 heteroatoms. The summed E-state index contributed by atoms with van der Waals surface area (Å²) in [6, 6.07) is 6.51. The Bertz CT molecular complexity index is 1380. The Morgan fingerprint density at radius 3 is 2.50 bits per heavy atom. The molecule has 1 spiro atoms. The van der Waals surface area contributed by atoms with E-state index in [2.05, 4.69) is 12.2 Å². The molecule has 2 fully saturated rings. The van der Waals surface area contributed by atoms with Crippen LogP contribution in [0.4, 0.5) is 0 Å². The van der Waals surface area contributed by atoms with Gasteiger partial charge in [-0.1, -0.05) is 88.2 Å². The Kier molecular flexibility index (Phi) is 11.4. The second-order valence-electron chi connectivity index (χ2n) is 13.6. The zero-order valence-corrected chi connectivity index (χ0v) is 28.7. The second-order valence-corrected chi connectivity index (χ2v) is 13.6. The maximum absolute atomic E-state index is 14.9. The molecule has 5 bridgehead atoms. The topological polar surface area (TPSA) is 135 Å². The van der Waals surface area contributed by atoms with Crippen LogP contribution in [0.2, 0.25) is 0 Å². The molecule has 0 saturated carbocycles. The average Bonchev–Trinajstić information content (AvgIpc) is 3.72. The van der Waals surface area contributed by atoms with E-state index < -0.39 is 59.6 Å². The first-order valence-electron chi connectivity index (χ1n) is 17.4. The van der Waals surface area contributed by atoms with E-state index in [9.17, 15) is 24.3 Å². The number of amides is 3. The van der Waals surface area contributed by atoms with Gasteiger partial charge in [0.25, 0.3) is 0 Å². The molecule has 10 atom stereocenters. The minimum atomic E-state index is -1.41. The van der Waals surface area contributed by atoms with Crippen LogP contribution in [-0.4, -0.2) is 101 Å². The van der Waals surface area contributed by atoms with Crippen LogP contribution in [0, 0.1) is 17.8 Å². The Morgan fingerprint density at radius 2 is 1.83 bits per heavy atom. The van der Waals surface area contributed by atoms with Crippen LogP contribution >= 0.6 is 0 Å². The minimum absolute atomic E-state index is 0.0763. The van der Waals surface area contributed by atoms with Gasteiger partial charge in [-0.05, 0) is 31.2 Å². The maximum atomic E-state index is 14.9. The van der Waals surface area contributed by atoms with E-state index in [0.717, 1.165) is 12.8 Å². The lowest BCUT2D eigenvalue weighted by atomic mass is 9.74. The lowest BCUT2D eigenvalue weighted by Gasteiger charge is -2.41. The maximum Gasteiger partial charge on any atom is 0.313 e. The molecule has 4 aliphatic rings. The minimum Gasteiger partial charge on any atom is -0.455 e. The highest BCUT2D eigenvalue weighted by molar-refractivity contribution is 5.99. The molecule has 5 rings (SSSR count). The van der Waals surface area contributed by atoms with Crippen molar-refractivity contribution in [3.63, 3.8) is 0 Å². The highest BCUT2D eigenvalue weighted by Gasteiger charge is 2.74. The van der Waals surface area contributed by atoms with Crippen LogP contribution in [0.5, 0.6) is 0 Å². The monoisotopic (exact) mass is 665 g/mol.